The van der Waals surface area contributed by atoms with E-state index in [9.17, 15) is 14.9 Å². The standard InChI is InChI=1S/C29H16N4O2/c1-31-20-13-17(16-30)12-19(14-20)18-10-11-25-23(15-18)21-6-3-4-8-24(21)33(25)26-9-5-7-22-27(26)29(35)32(2)28(22)34/h3-15H,2H3. The van der Waals surface area contributed by atoms with Gasteiger partial charge in [-0.2, -0.15) is 5.26 Å². The van der Waals surface area contributed by atoms with Crippen LogP contribution in [-0.2, 0) is 0 Å². The summed E-state index contributed by atoms with van der Waals surface area (Å²) in [6.45, 7) is 7.38. The first-order valence-electron chi connectivity index (χ1n) is 10.9. The highest BCUT2D eigenvalue weighted by Gasteiger charge is 2.35. The van der Waals surface area contributed by atoms with Crippen LogP contribution in [0.25, 0.3) is 43.5 Å². The minimum absolute atomic E-state index is 0.303. The predicted octanol–water partition coefficient (Wildman–Crippen LogP) is 6.10. The lowest BCUT2D eigenvalue weighted by Crippen LogP contribution is -2.24. The zero-order valence-corrected chi connectivity index (χ0v) is 18.6. The van der Waals surface area contributed by atoms with E-state index in [1.807, 2.05) is 53.1 Å². The van der Waals surface area contributed by atoms with Gasteiger partial charge in [-0.1, -0.05) is 30.3 Å². The molecular weight excluding hydrogens is 436 g/mol. The Hall–Kier alpha value is -5.20. The summed E-state index contributed by atoms with van der Waals surface area (Å²) in [4.78, 5) is 30.3. The van der Waals surface area contributed by atoms with Crippen molar-refractivity contribution in [2.45, 2.75) is 0 Å². The van der Waals surface area contributed by atoms with E-state index in [0.29, 0.717) is 28.1 Å². The van der Waals surface area contributed by atoms with Gasteiger partial charge in [0.25, 0.3) is 11.8 Å². The molecule has 0 atom stereocenters. The Morgan fingerprint density at radius 2 is 1.63 bits per heavy atom. The normalized spacial score (nSPS) is 12.7. The molecule has 0 bridgehead atoms. The van der Waals surface area contributed by atoms with Gasteiger partial charge < -0.3 is 4.57 Å². The van der Waals surface area contributed by atoms with Gasteiger partial charge in [0.15, 0.2) is 5.69 Å². The topological polar surface area (TPSA) is 70.5 Å². The van der Waals surface area contributed by atoms with Crippen molar-refractivity contribution in [2.24, 2.45) is 0 Å². The maximum atomic E-state index is 13.0. The quantitative estimate of drug-likeness (QED) is 0.240. The average molecular weight is 452 g/mol. The minimum atomic E-state index is -0.317. The first-order valence-corrected chi connectivity index (χ1v) is 10.9. The highest BCUT2D eigenvalue weighted by molar-refractivity contribution is 6.23. The van der Waals surface area contributed by atoms with Gasteiger partial charge in [0.1, 0.15) is 0 Å². The molecule has 6 heteroatoms. The fourth-order valence-electron chi connectivity index (χ4n) is 4.89. The molecule has 0 N–H and O–H groups in total. The van der Waals surface area contributed by atoms with Crippen LogP contribution < -0.4 is 0 Å². The van der Waals surface area contributed by atoms with Gasteiger partial charge in [0.05, 0.1) is 40.5 Å². The van der Waals surface area contributed by atoms with Crippen LogP contribution >= 0.6 is 0 Å². The number of aromatic nitrogens is 1. The van der Waals surface area contributed by atoms with Gasteiger partial charge in [-0.3, -0.25) is 14.5 Å². The van der Waals surface area contributed by atoms with Crippen molar-refractivity contribution in [1.82, 2.24) is 9.47 Å². The molecular formula is C29H16N4O2. The van der Waals surface area contributed by atoms with Crippen molar-refractivity contribution < 1.29 is 9.59 Å². The van der Waals surface area contributed by atoms with Crippen LogP contribution in [-0.4, -0.2) is 28.3 Å². The third-order valence-electron chi connectivity index (χ3n) is 6.52. The monoisotopic (exact) mass is 452 g/mol. The average Bonchev–Trinajstić information content (AvgIpc) is 3.35. The summed E-state index contributed by atoms with van der Waals surface area (Å²) in [5.41, 5.74) is 5.77. The van der Waals surface area contributed by atoms with E-state index in [0.717, 1.165) is 37.8 Å². The summed E-state index contributed by atoms with van der Waals surface area (Å²) in [7, 11) is 1.50. The minimum Gasteiger partial charge on any atom is -0.308 e. The van der Waals surface area contributed by atoms with Gasteiger partial charge in [-0.05, 0) is 59.7 Å². The van der Waals surface area contributed by atoms with Crippen molar-refractivity contribution in [1.29, 1.82) is 5.26 Å². The maximum Gasteiger partial charge on any atom is 0.263 e. The molecule has 2 heterocycles. The molecule has 6 nitrogen and oxygen atoms in total. The second kappa shape index (κ2) is 7.41. The second-order valence-electron chi connectivity index (χ2n) is 8.45. The molecule has 1 aliphatic rings. The molecule has 5 aromatic rings. The van der Waals surface area contributed by atoms with Crippen LogP contribution in [0.15, 0.2) is 78.9 Å². The Kier molecular flexibility index (Phi) is 4.32. The van der Waals surface area contributed by atoms with Crippen molar-refractivity contribution in [3.63, 3.8) is 0 Å². The Labute approximate surface area is 200 Å². The molecule has 1 aliphatic heterocycles. The second-order valence-corrected chi connectivity index (χ2v) is 8.45. The number of imide groups is 1. The molecule has 0 aliphatic carbocycles. The molecule has 4 aromatic carbocycles. The van der Waals surface area contributed by atoms with E-state index in [-0.39, 0.29) is 11.8 Å². The number of carbonyl (C=O) groups is 2. The zero-order valence-electron chi connectivity index (χ0n) is 18.6. The van der Waals surface area contributed by atoms with Crippen LogP contribution in [0.2, 0.25) is 0 Å². The largest absolute Gasteiger partial charge is 0.308 e. The molecule has 0 radical (unpaired) electrons. The zero-order chi connectivity index (χ0) is 24.3. The van der Waals surface area contributed by atoms with Crippen LogP contribution in [0.3, 0.4) is 0 Å². The van der Waals surface area contributed by atoms with Crippen LogP contribution in [0, 0.1) is 17.9 Å². The summed E-state index contributed by atoms with van der Waals surface area (Å²) < 4.78 is 2.02. The van der Waals surface area contributed by atoms with Crippen molar-refractivity contribution in [2.75, 3.05) is 7.05 Å². The summed E-state index contributed by atoms with van der Waals surface area (Å²) in [6.07, 6.45) is 0. The maximum absolute atomic E-state index is 13.0. The van der Waals surface area contributed by atoms with Gasteiger partial charge in [-0.25, -0.2) is 4.85 Å². The summed E-state index contributed by atoms with van der Waals surface area (Å²) in [6, 6.07) is 26.5. The highest BCUT2D eigenvalue weighted by Crippen LogP contribution is 2.38. The lowest BCUT2D eigenvalue weighted by atomic mass is 10.00. The summed E-state index contributed by atoms with van der Waals surface area (Å²) >= 11 is 0. The number of fused-ring (bicyclic) bond motifs is 4. The first-order chi connectivity index (χ1) is 17.0. The first kappa shape index (κ1) is 20.4. The van der Waals surface area contributed by atoms with E-state index in [1.165, 1.54) is 7.05 Å². The number of rotatable bonds is 2. The number of benzene rings is 4. The molecule has 0 fully saturated rings. The van der Waals surface area contributed by atoms with Gasteiger partial charge in [-0.15, -0.1) is 0 Å². The van der Waals surface area contributed by atoms with E-state index in [1.54, 1.807) is 30.3 Å². The Morgan fingerprint density at radius 3 is 2.43 bits per heavy atom. The summed E-state index contributed by atoms with van der Waals surface area (Å²) in [5, 5.41) is 11.4. The third-order valence-corrected chi connectivity index (χ3v) is 6.52. The Balaban J connectivity index is 1.66. The molecule has 0 saturated carbocycles. The fraction of sp³-hybridized carbons (Fsp3) is 0.0345. The van der Waals surface area contributed by atoms with Crippen molar-refractivity contribution >= 4 is 39.3 Å². The Morgan fingerprint density at radius 1 is 0.829 bits per heavy atom. The van der Waals surface area contributed by atoms with E-state index in [2.05, 4.69) is 10.9 Å². The predicted molar refractivity (Wildman–Crippen MR) is 134 cm³/mol. The summed E-state index contributed by atoms with van der Waals surface area (Å²) in [5.74, 6) is -0.619. The van der Waals surface area contributed by atoms with Gasteiger partial charge in [0.2, 0.25) is 0 Å². The number of nitriles is 1. The highest BCUT2D eigenvalue weighted by atomic mass is 16.2. The number of nitrogens with zero attached hydrogens (tertiary/aromatic N) is 4. The molecule has 6 rings (SSSR count). The van der Waals surface area contributed by atoms with Crippen LogP contribution in [0.4, 0.5) is 5.69 Å². The molecule has 1 aromatic heterocycles. The molecule has 0 unspecified atom stereocenters. The number of carbonyl (C=O) groups excluding carboxylic acids is 2. The molecule has 2 amide bonds. The van der Waals surface area contributed by atoms with Crippen molar-refractivity contribution in [3.8, 4) is 22.9 Å². The van der Waals surface area contributed by atoms with E-state index < -0.39 is 0 Å². The molecule has 0 saturated heterocycles. The van der Waals surface area contributed by atoms with Gasteiger partial charge >= 0.3 is 0 Å². The number of hydrogen-bond donors (Lipinski definition) is 0. The molecule has 164 valence electrons. The molecule has 35 heavy (non-hydrogen) atoms. The number of amides is 2. The fourth-order valence-corrected chi connectivity index (χ4v) is 4.89. The van der Waals surface area contributed by atoms with Crippen LogP contribution in [0.1, 0.15) is 26.3 Å². The SMILES string of the molecule is [C-]#[N+]c1cc(C#N)cc(-c2ccc3c(c2)c2ccccc2n3-c2cccc3c2C(=O)N(C)C3=O)c1. The van der Waals surface area contributed by atoms with Crippen molar-refractivity contribution in [3.05, 3.63) is 107 Å². The lowest BCUT2D eigenvalue weighted by molar-refractivity contribution is 0.0693. The van der Waals surface area contributed by atoms with E-state index in [4.69, 9.17) is 6.57 Å². The smallest absolute Gasteiger partial charge is 0.263 e. The lowest BCUT2D eigenvalue weighted by Gasteiger charge is -2.12. The van der Waals surface area contributed by atoms with Crippen LogP contribution in [0.5, 0.6) is 0 Å². The molecule has 0 spiro atoms. The third kappa shape index (κ3) is 2.88. The van der Waals surface area contributed by atoms with E-state index >= 15 is 0 Å². The number of hydrogen-bond acceptors (Lipinski definition) is 3. The van der Waals surface area contributed by atoms with Gasteiger partial charge in [0, 0.05) is 23.4 Å². The number of para-hydroxylation sites is 1. The Bertz CT molecular complexity index is 1800.